The molecule has 5 heteroatoms. The van der Waals surface area contributed by atoms with Crippen molar-refractivity contribution < 1.29 is 24.9 Å². The molecule has 0 aliphatic rings. The average molecular weight is 359 g/mol. The number of esters is 1. The molecule has 0 saturated heterocycles. The topological polar surface area (TPSA) is 87.0 Å². The summed E-state index contributed by atoms with van der Waals surface area (Å²) in [4.78, 5) is 11.2. The van der Waals surface area contributed by atoms with Gasteiger partial charge in [0, 0.05) is 6.42 Å². The van der Waals surface area contributed by atoms with Gasteiger partial charge < -0.3 is 20.1 Å². The van der Waals surface area contributed by atoms with Gasteiger partial charge in [0.2, 0.25) is 0 Å². The molecule has 0 bridgehead atoms. The van der Waals surface area contributed by atoms with Crippen molar-refractivity contribution >= 4 is 5.97 Å². The third-order valence-corrected chi connectivity index (χ3v) is 4.21. The van der Waals surface area contributed by atoms with E-state index in [-0.39, 0.29) is 5.97 Å². The average Bonchev–Trinajstić information content (AvgIpc) is 2.59. The number of carbonyl (C=O) groups is 1. The number of aliphatic hydroxyl groups is 3. The van der Waals surface area contributed by atoms with Gasteiger partial charge in [0.25, 0.3) is 0 Å². The lowest BCUT2D eigenvalue weighted by atomic mass is 10.0. The Morgan fingerprint density at radius 2 is 1.52 bits per heavy atom. The number of rotatable bonds is 16. The molecule has 0 saturated carbocycles. The van der Waals surface area contributed by atoms with Crippen LogP contribution in [0.1, 0.15) is 84.5 Å². The van der Waals surface area contributed by atoms with E-state index in [1.807, 2.05) is 0 Å². The molecule has 0 aromatic carbocycles. The van der Waals surface area contributed by atoms with Crippen molar-refractivity contribution in [3.8, 4) is 0 Å². The molecule has 0 heterocycles. The van der Waals surface area contributed by atoms with Crippen molar-refractivity contribution in [1.29, 1.82) is 0 Å². The highest BCUT2D eigenvalue weighted by atomic mass is 16.5. The van der Waals surface area contributed by atoms with Crippen molar-refractivity contribution in [2.45, 2.75) is 103 Å². The van der Waals surface area contributed by atoms with Crippen LogP contribution in [0.25, 0.3) is 0 Å². The molecule has 0 aromatic rings. The molecular formula is C20H38O5. The van der Waals surface area contributed by atoms with Crippen LogP contribution < -0.4 is 0 Å². The van der Waals surface area contributed by atoms with E-state index in [0.29, 0.717) is 25.9 Å². The van der Waals surface area contributed by atoms with Gasteiger partial charge in [0.05, 0.1) is 24.9 Å². The fourth-order valence-corrected chi connectivity index (χ4v) is 2.63. The minimum atomic E-state index is -0.926. The number of carbonyl (C=O) groups excluding carboxylic acids is 1. The number of hydrogen-bond acceptors (Lipinski definition) is 5. The Morgan fingerprint density at radius 3 is 2.20 bits per heavy atom. The van der Waals surface area contributed by atoms with E-state index in [1.165, 1.54) is 6.08 Å². The fraction of sp³-hybridized carbons (Fsp3) is 0.850. The standard InChI is InChI=1S/C20H38O5/c1-3-5-9-12-17(21)15-16-19(23)18(22)13-10-7-6-8-11-14-20(24)25-4-2/h15-19,21-23H,3-14H2,1-2H3. The Hall–Kier alpha value is -0.910. The summed E-state index contributed by atoms with van der Waals surface area (Å²) in [5.41, 5.74) is 0. The van der Waals surface area contributed by atoms with Crippen LogP contribution in [-0.2, 0) is 9.53 Å². The molecule has 0 radical (unpaired) electrons. The predicted molar refractivity (Wildman–Crippen MR) is 100 cm³/mol. The van der Waals surface area contributed by atoms with Crippen LogP contribution in [0, 0.1) is 0 Å². The van der Waals surface area contributed by atoms with Crippen LogP contribution in [0.3, 0.4) is 0 Å². The van der Waals surface area contributed by atoms with E-state index in [4.69, 9.17) is 4.74 Å². The third kappa shape index (κ3) is 15.1. The van der Waals surface area contributed by atoms with Gasteiger partial charge in [-0.05, 0) is 26.2 Å². The Morgan fingerprint density at radius 1 is 0.880 bits per heavy atom. The molecule has 0 aliphatic carbocycles. The van der Waals surface area contributed by atoms with Crippen molar-refractivity contribution in [2.75, 3.05) is 6.61 Å². The lowest BCUT2D eigenvalue weighted by Crippen LogP contribution is -2.24. The van der Waals surface area contributed by atoms with Gasteiger partial charge in [-0.3, -0.25) is 4.79 Å². The van der Waals surface area contributed by atoms with Crippen LogP contribution in [-0.4, -0.2) is 46.2 Å². The number of aliphatic hydroxyl groups excluding tert-OH is 3. The number of unbranched alkanes of at least 4 members (excludes halogenated alkanes) is 6. The van der Waals surface area contributed by atoms with Gasteiger partial charge in [-0.1, -0.05) is 64.0 Å². The van der Waals surface area contributed by atoms with Crippen molar-refractivity contribution in [3.63, 3.8) is 0 Å². The summed E-state index contributed by atoms with van der Waals surface area (Å²) < 4.78 is 4.87. The Balaban J connectivity index is 3.66. The summed E-state index contributed by atoms with van der Waals surface area (Å²) in [6.45, 7) is 4.35. The second-order valence-corrected chi connectivity index (χ2v) is 6.62. The van der Waals surface area contributed by atoms with Gasteiger partial charge in [0.15, 0.2) is 0 Å². The normalized spacial score (nSPS) is 15.2. The van der Waals surface area contributed by atoms with E-state index in [9.17, 15) is 20.1 Å². The molecule has 0 fully saturated rings. The maximum absolute atomic E-state index is 11.2. The summed E-state index contributed by atoms with van der Waals surface area (Å²) >= 11 is 0. The van der Waals surface area contributed by atoms with Gasteiger partial charge >= 0.3 is 5.97 Å². The molecule has 3 unspecified atom stereocenters. The molecule has 0 amide bonds. The summed E-state index contributed by atoms with van der Waals surface area (Å²) in [6, 6.07) is 0. The number of ether oxygens (including phenoxy) is 1. The van der Waals surface area contributed by atoms with Crippen LogP contribution in [0.5, 0.6) is 0 Å². The molecule has 5 nitrogen and oxygen atoms in total. The summed E-state index contributed by atoms with van der Waals surface area (Å²) in [7, 11) is 0. The largest absolute Gasteiger partial charge is 0.466 e. The lowest BCUT2D eigenvalue weighted by molar-refractivity contribution is -0.143. The zero-order chi connectivity index (χ0) is 18.9. The summed E-state index contributed by atoms with van der Waals surface area (Å²) in [5, 5.41) is 29.6. The fourth-order valence-electron chi connectivity index (χ4n) is 2.63. The zero-order valence-corrected chi connectivity index (χ0v) is 16.0. The van der Waals surface area contributed by atoms with Gasteiger partial charge in [0.1, 0.15) is 0 Å². The Kier molecular flexibility index (Phi) is 16.0. The van der Waals surface area contributed by atoms with E-state index >= 15 is 0 Å². The first-order chi connectivity index (χ1) is 12.0. The molecule has 3 N–H and O–H groups in total. The van der Waals surface area contributed by atoms with Crippen molar-refractivity contribution in [3.05, 3.63) is 12.2 Å². The van der Waals surface area contributed by atoms with Gasteiger partial charge in [-0.25, -0.2) is 0 Å². The highest BCUT2D eigenvalue weighted by Crippen LogP contribution is 2.12. The van der Waals surface area contributed by atoms with E-state index in [0.717, 1.165) is 51.4 Å². The van der Waals surface area contributed by atoms with E-state index in [1.54, 1.807) is 13.0 Å². The minimum absolute atomic E-state index is 0.135. The zero-order valence-electron chi connectivity index (χ0n) is 16.0. The highest BCUT2D eigenvalue weighted by molar-refractivity contribution is 5.69. The molecular weight excluding hydrogens is 320 g/mol. The van der Waals surface area contributed by atoms with E-state index in [2.05, 4.69) is 6.92 Å². The lowest BCUT2D eigenvalue weighted by Gasteiger charge is -2.15. The minimum Gasteiger partial charge on any atom is -0.466 e. The second-order valence-electron chi connectivity index (χ2n) is 6.62. The first kappa shape index (κ1) is 24.1. The Bertz CT molecular complexity index is 343. The van der Waals surface area contributed by atoms with Crippen LogP contribution in [0.2, 0.25) is 0 Å². The maximum atomic E-state index is 11.2. The number of hydrogen-bond donors (Lipinski definition) is 3. The van der Waals surface area contributed by atoms with Crippen LogP contribution >= 0.6 is 0 Å². The molecule has 0 spiro atoms. The highest BCUT2D eigenvalue weighted by Gasteiger charge is 2.13. The van der Waals surface area contributed by atoms with E-state index < -0.39 is 18.3 Å². The van der Waals surface area contributed by atoms with Gasteiger partial charge in [-0.2, -0.15) is 0 Å². The van der Waals surface area contributed by atoms with Crippen LogP contribution in [0.15, 0.2) is 12.2 Å². The maximum Gasteiger partial charge on any atom is 0.305 e. The monoisotopic (exact) mass is 358 g/mol. The first-order valence-corrected chi connectivity index (χ1v) is 9.89. The second kappa shape index (κ2) is 16.6. The molecule has 148 valence electrons. The molecule has 0 aliphatic heterocycles. The quantitative estimate of drug-likeness (QED) is 0.223. The van der Waals surface area contributed by atoms with Crippen molar-refractivity contribution in [2.24, 2.45) is 0 Å². The third-order valence-electron chi connectivity index (χ3n) is 4.21. The van der Waals surface area contributed by atoms with Gasteiger partial charge in [-0.15, -0.1) is 0 Å². The SMILES string of the molecule is CCCCCC(O)C=CC(O)C(O)CCCCCCCC(=O)OCC. The Labute approximate surface area is 153 Å². The first-order valence-electron chi connectivity index (χ1n) is 9.89. The molecule has 0 rings (SSSR count). The smallest absolute Gasteiger partial charge is 0.305 e. The predicted octanol–water partition coefficient (Wildman–Crippen LogP) is 3.50. The molecule has 0 aromatic heterocycles. The van der Waals surface area contributed by atoms with Crippen LogP contribution in [0.4, 0.5) is 0 Å². The molecule has 3 atom stereocenters. The molecule has 25 heavy (non-hydrogen) atoms. The van der Waals surface area contributed by atoms with Crippen molar-refractivity contribution in [1.82, 2.24) is 0 Å². The summed E-state index contributed by atoms with van der Waals surface area (Å²) in [5.74, 6) is -0.135. The summed E-state index contributed by atoms with van der Waals surface area (Å²) in [6.07, 6.45) is 10.3.